The lowest BCUT2D eigenvalue weighted by atomic mass is 10.4. The molecule has 1 aromatic rings. The molecule has 0 atom stereocenters. The SMILES string of the molecule is C#Cc1ccc(F)c(Cl)n1. The van der Waals surface area contributed by atoms with Crippen LogP contribution in [0.1, 0.15) is 5.69 Å². The van der Waals surface area contributed by atoms with E-state index in [9.17, 15) is 4.39 Å². The maximum Gasteiger partial charge on any atom is 0.166 e. The second-order valence-corrected chi connectivity index (χ2v) is 1.97. The first-order valence-corrected chi connectivity index (χ1v) is 2.90. The van der Waals surface area contributed by atoms with E-state index in [1.54, 1.807) is 0 Å². The highest BCUT2D eigenvalue weighted by atomic mass is 35.5. The molecule has 0 bridgehead atoms. The number of nitrogens with zero attached hydrogens (tertiary/aromatic N) is 1. The first kappa shape index (κ1) is 7.04. The van der Waals surface area contributed by atoms with Crippen molar-refractivity contribution in [3.05, 3.63) is 28.8 Å². The van der Waals surface area contributed by atoms with Crippen molar-refractivity contribution in [3.63, 3.8) is 0 Å². The molecule has 1 rings (SSSR count). The highest BCUT2D eigenvalue weighted by molar-refractivity contribution is 6.29. The van der Waals surface area contributed by atoms with Gasteiger partial charge < -0.3 is 0 Å². The highest BCUT2D eigenvalue weighted by Gasteiger charge is 1.98. The Labute approximate surface area is 62.8 Å². The average Bonchev–Trinajstić information content (AvgIpc) is 1.95. The number of hydrogen-bond donors (Lipinski definition) is 0. The van der Waals surface area contributed by atoms with Crippen LogP contribution in [0.4, 0.5) is 4.39 Å². The first-order chi connectivity index (χ1) is 4.74. The molecule has 0 spiro atoms. The standard InChI is InChI=1S/C7H3ClFN/c1-2-5-3-4-6(9)7(8)10-5/h1,3-4H. The van der Waals surface area contributed by atoms with Gasteiger partial charge in [0.1, 0.15) is 5.69 Å². The third kappa shape index (κ3) is 1.26. The molecule has 0 N–H and O–H groups in total. The van der Waals surface area contributed by atoms with Gasteiger partial charge in [0.2, 0.25) is 0 Å². The van der Waals surface area contributed by atoms with Crippen molar-refractivity contribution in [2.45, 2.75) is 0 Å². The lowest BCUT2D eigenvalue weighted by Gasteiger charge is -1.91. The zero-order valence-corrected chi connectivity index (χ0v) is 5.69. The Bertz CT molecular complexity index is 290. The lowest BCUT2D eigenvalue weighted by Crippen LogP contribution is -1.85. The normalized spacial score (nSPS) is 8.90. The van der Waals surface area contributed by atoms with Crippen LogP contribution in [-0.4, -0.2) is 4.98 Å². The fourth-order valence-corrected chi connectivity index (χ4v) is 0.652. The van der Waals surface area contributed by atoms with Gasteiger partial charge in [-0.25, -0.2) is 9.37 Å². The molecule has 1 heterocycles. The van der Waals surface area contributed by atoms with E-state index in [-0.39, 0.29) is 5.15 Å². The number of halogens is 2. The predicted octanol–water partition coefficient (Wildman–Crippen LogP) is 1.86. The third-order valence-electron chi connectivity index (χ3n) is 0.951. The summed E-state index contributed by atoms with van der Waals surface area (Å²) in [5.74, 6) is 1.68. The van der Waals surface area contributed by atoms with Crippen molar-refractivity contribution in [1.29, 1.82) is 0 Å². The molecule has 0 aliphatic rings. The minimum atomic E-state index is -0.555. The molecule has 1 nitrogen and oxygen atoms in total. The van der Waals surface area contributed by atoms with E-state index >= 15 is 0 Å². The molecule has 10 heavy (non-hydrogen) atoms. The molecule has 50 valence electrons. The van der Waals surface area contributed by atoms with Crippen molar-refractivity contribution in [1.82, 2.24) is 4.98 Å². The quantitative estimate of drug-likeness (QED) is 0.412. The van der Waals surface area contributed by atoms with Crippen molar-refractivity contribution in [2.75, 3.05) is 0 Å². The molecule has 1 aromatic heterocycles. The smallest absolute Gasteiger partial charge is 0.166 e. The molecule has 0 fully saturated rings. The van der Waals surface area contributed by atoms with E-state index in [4.69, 9.17) is 18.0 Å². The summed E-state index contributed by atoms with van der Waals surface area (Å²) in [5, 5.41) is -0.185. The maximum atomic E-state index is 12.4. The van der Waals surface area contributed by atoms with Crippen LogP contribution >= 0.6 is 11.6 Å². The molecule has 0 saturated heterocycles. The molecule has 0 aliphatic carbocycles. The van der Waals surface area contributed by atoms with Gasteiger partial charge in [-0.2, -0.15) is 0 Å². The Morgan fingerprint density at radius 1 is 1.60 bits per heavy atom. The Kier molecular flexibility index (Phi) is 1.88. The van der Waals surface area contributed by atoms with Gasteiger partial charge in [0.05, 0.1) is 0 Å². The number of pyridine rings is 1. The van der Waals surface area contributed by atoms with Crippen LogP contribution in [0.3, 0.4) is 0 Å². The van der Waals surface area contributed by atoms with Gasteiger partial charge in [-0.15, -0.1) is 6.42 Å². The van der Waals surface area contributed by atoms with Gasteiger partial charge in [-0.1, -0.05) is 17.5 Å². The zero-order chi connectivity index (χ0) is 7.56. The van der Waals surface area contributed by atoms with Crippen LogP contribution in [0.5, 0.6) is 0 Å². The van der Waals surface area contributed by atoms with Gasteiger partial charge in [0.25, 0.3) is 0 Å². The molecule has 0 unspecified atom stereocenters. The summed E-state index contributed by atoms with van der Waals surface area (Å²) in [4.78, 5) is 3.55. The van der Waals surface area contributed by atoms with E-state index < -0.39 is 5.82 Å². The van der Waals surface area contributed by atoms with Gasteiger partial charge in [0.15, 0.2) is 11.0 Å². The molecular formula is C7H3ClFN. The number of terminal acetylenes is 1. The summed E-state index contributed by atoms with van der Waals surface area (Å²) in [6, 6.07) is 2.58. The van der Waals surface area contributed by atoms with Crippen molar-refractivity contribution in [2.24, 2.45) is 0 Å². The largest absolute Gasteiger partial charge is 0.225 e. The van der Waals surface area contributed by atoms with Gasteiger partial charge >= 0.3 is 0 Å². The second kappa shape index (κ2) is 2.68. The number of rotatable bonds is 0. The Balaban J connectivity index is 3.20. The first-order valence-electron chi connectivity index (χ1n) is 2.52. The van der Waals surface area contributed by atoms with Crippen LogP contribution in [0, 0.1) is 18.2 Å². The van der Waals surface area contributed by atoms with Crippen LogP contribution in [0.2, 0.25) is 5.15 Å². The van der Waals surface area contributed by atoms with E-state index in [0.717, 1.165) is 0 Å². The third-order valence-corrected chi connectivity index (χ3v) is 1.22. The maximum absolute atomic E-state index is 12.4. The van der Waals surface area contributed by atoms with Crippen molar-refractivity contribution >= 4 is 11.6 Å². The minimum absolute atomic E-state index is 0.185. The molecule has 3 heteroatoms. The van der Waals surface area contributed by atoms with E-state index in [2.05, 4.69) is 10.9 Å². The van der Waals surface area contributed by atoms with E-state index in [1.165, 1.54) is 12.1 Å². The van der Waals surface area contributed by atoms with Crippen molar-refractivity contribution < 1.29 is 4.39 Å². The predicted molar refractivity (Wildman–Crippen MR) is 37.1 cm³/mol. The minimum Gasteiger partial charge on any atom is -0.225 e. The monoisotopic (exact) mass is 155 g/mol. The lowest BCUT2D eigenvalue weighted by molar-refractivity contribution is 0.621. The van der Waals surface area contributed by atoms with Crippen LogP contribution in [0.25, 0.3) is 0 Å². The summed E-state index contributed by atoms with van der Waals surface area (Å²) < 4.78 is 12.4. The van der Waals surface area contributed by atoms with Crippen molar-refractivity contribution in [3.8, 4) is 12.3 Å². The summed E-state index contributed by atoms with van der Waals surface area (Å²) in [5.41, 5.74) is 0.339. The molecule has 0 amide bonds. The fraction of sp³-hybridized carbons (Fsp3) is 0. The molecule has 0 aliphatic heterocycles. The zero-order valence-electron chi connectivity index (χ0n) is 4.94. The average molecular weight is 156 g/mol. The summed E-state index contributed by atoms with van der Waals surface area (Å²) in [6.07, 6.45) is 4.98. The van der Waals surface area contributed by atoms with E-state index in [1.807, 2.05) is 0 Å². The fourth-order valence-electron chi connectivity index (χ4n) is 0.498. The Morgan fingerprint density at radius 3 is 2.80 bits per heavy atom. The number of aromatic nitrogens is 1. The van der Waals surface area contributed by atoms with Gasteiger partial charge in [0, 0.05) is 0 Å². The van der Waals surface area contributed by atoms with Gasteiger partial charge in [-0.3, -0.25) is 0 Å². The van der Waals surface area contributed by atoms with Crippen LogP contribution in [-0.2, 0) is 0 Å². The van der Waals surface area contributed by atoms with E-state index in [0.29, 0.717) is 5.69 Å². The number of hydrogen-bond acceptors (Lipinski definition) is 1. The second-order valence-electron chi connectivity index (χ2n) is 1.61. The summed E-state index contributed by atoms with van der Waals surface area (Å²) >= 11 is 5.31. The topological polar surface area (TPSA) is 12.9 Å². The highest BCUT2D eigenvalue weighted by Crippen LogP contribution is 2.10. The molecular weight excluding hydrogens is 153 g/mol. The molecule has 0 radical (unpaired) electrons. The molecule has 0 aromatic carbocycles. The summed E-state index contributed by atoms with van der Waals surface area (Å²) in [7, 11) is 0. The van der Waals surface area contributed by atoms with Crippen LogP contribution < -0.4 is 0 Å². The summed E-state index contributed by atoms with van der Waals surface area (Å²) in [6.45, 7) is 0. The van der Waals surface area contributed by atoms with Crippen LogP contribution in [0.15, 0.2) is 12.1 Å². The van der Waals surface area contributed by atoms with Gasteiger partial charge in [-0.05, 0) is 12.1 Å². The molecule has 0 saturated carbocycles. The Morgan fingerprint density at radius 2 is 2.30 bits per heavy atom. The Hall–Kier alpha value is -1.07.